The average Bonchev–Trinajstić information content (AvgIpc) is 3.03. The maximum Gasteiger partial charge on any atom is 0.329 e. The third-order valence-corrected chi connectivity index (χ3v) is 6.03. The number of nitrogens with one attached hydrogen (secondary N) is 2. The van der Waals surface area contributed by atoms with Crippen LogP contribution in [0.1, 0.15) is 37.2 Å². The Kier molecular flexibility index (Phi) is 7.36. The molecular weight excluding hydrogens is 408 g/mol. The Bertz CT molecular complexity index is 993. The minimum atomic E-state index is -3.64. The van der Waals surface area contributed by atoms with E-state index in [2.05, 4.69) is 15.2 Å². The SMILES string of the molecule is O=C(N/N=C/c1ccc(CNS(=O)(=O)c2ccccc2)o1)C(=O)N1CCCCCC1. The van der Waals surface area contributed by atoms with Gasteiger partial charge in [-0.1, -0.05) is 31.0 Å². The Labute approximate surface area is 175 Å². The molecule has 0 radical (unpaired) electrons. The molecule has 1 aliphatic rings. The predicted molar refractivity (Wildman–Crippen MR) is 110 cm³/mol. The molecule has 10 heteroatoms. The number of rotatable bonds is 6. The molecular formula is C20H24N4O5S. The molecule has 30 heavy (non-hydrogen) atoms. The maximum absolute atomic E-state index is 12.2. The molecule has 0 spiro atoms. The number of likely N-dealkylation sites (tertiary alicyclic amines) is 1. The first-order valence-corrected chi connectivity index (χ1v) is 11.2. The smallest absolute Gasteiger partial charge is 0.329 e. The first kappa shape index (κ1) is 21.7. The molecule has 1 fully saturated rings. The van der Waals surface area contributed by atoms with Crippen molar-refractivity contribution in [3.05, 3.63) is 54.0 Å². The van der Waals surface area contributed by atoms with Crippen LogP contribution in [0.4, 0.5) is 0 Å². The Balaban J connectivity index is 1.49. The van der Waals surface area contributed by atoms with Crippen LogP contribution in [0.5, 0.6) is 0 Å². The van der Waals surface area contributed by atoms with E-state index in [4.69, 9.17) is 4.42 Å². The molecule has 160 valence electrons. The highest BCUT2D eigenvalue weighted by molar-refractivity contribution is 7.89. The topological polar surface area (TPSA) is 121 Å². The summed E-state index contributed by atoms with van der Waals surface area (Å²) < 4.78 is 32.3. The fourth-order valence-electron chi connectivity index (χ4n) is 3.03. The number of nitrogens with zero attached hydrogens (tertiary/aromatic N) is 2. The number of hydrogen-bond donors (Lipinski definition) is 2. The van der Waals surface area contributed by atoms with Crippen LogP contribution in [0, 0.1) is 0 Å². The zero-order valence-electron chi connectivity index (χ0n) is 16.4. The maximum atomic E-state index is 12.2. The highest BCUT2D eigenvalue weighted by Crippen LogP contribution is 2.11. The van der Waals surface area contributed by atoms with Gasteiger partial charge in [-0.2, -0.15) is 5.10 Å². The number of benzene rings is 1. The van der Waals surface area contributed by atoms with Crippen molar-refractivity contribution in [2.24, 2.45) is 5.10 Å². The fraction of sp³-hybridized carbons (Fsp3) is 0.350. The van der Waals surface area contributed by atoms with Crippen LogP contribution in [-0.4, -0.2) is 44.4 Å². The summed E-state index contributed by atoms with van der Waals surface area (Å²) in [5.74, 6) is -0.700. The second-order valence-corrected chi connectivity index (χ2v) is 8.61. The van der Waals surface area contributed by atoms with Gasteiger partial charge >= 0.3 is 11.8 Å². The van der Waals surface area contributed by atoms with Crippen LogP contribution >= 0.6 is 0 Å². The van der Waals surface area contributed by atoms with Crippen molar-refractivity contribution in [3.63, 3.8) is 0 Å². The summed E-state index contributed by atoms with van der Waals surface area (Å²) in [5, 5.41) is 3.75. The number of sulfonamides is 1. The Morgan fingerprint density at radius 3 is 2.43 bits per heavy atom. The van der Waals surface area contributed by atoms with E-state index in [0.29, 0.717) is 24.6 Å². The summed E-state index contributed by atoms with van der Waals surface area (Å²) in [6.45, 7) is 1.12. The van der Waals surface area contributed by atoms with E-state index >= 15 is 0 Å². The van der Waals surface area contributed by atoms with E-state index in [1.165, 1.54) is 18.3 Å². The average molecular weight is 433 g/mol. The molecule has 9 nitrogen and oxygen atoms in total. The molecule has 2 heterocycles. The van der Waals surface area contributed by atoms with Gasteiger partial charge in [0.1, 0.15) is 11.5 Å². The molecule has 1 saturated heterocycles. The van der Waals surface area contributed by atoms with Crippen LogP contribution in [-0.2, 0) is 26.2 Å². The molecule has 1 aliphatic heterocycles. The quantitative estimate of drug-likeness (QED) is 0.408. The van der Waals surface area contributed by atoms with Crippen LogP contribution in [0.2, 0.25) is 0 Å². The lowest BCUT2D eigenvalue weighted by atomic mass is 10.2. The molecule has 0 aliphatic carbocycles. The van der Waals surface area contributed by atoms with Gasteiger partial charge in [-0.15, -0.1) is 0 Å². The summed E-state index contributed by atoms with van der Waals surface area (Å²) in [4.78, 5) is 25.8. The van der Waals surface area contributed by atoms with Crippen LogP contribution in [0.15, 0.2) is 56.9 Å². The number of carbonyl (C=O) groups is 2. The monoisotopic (exact) mass is 432 g/mol. The third-order valence-electron chi connectivity index (χ3n) is 4.62. The van der Waals surface area contributed by atoms with Gasteiger partial charge in [0.05, 0.1) is 17.7 Å². The Morgan fingerprint density at radius 2 is 1.73 bits per heavy atom. The standard InChI is InChI=1S/C20H24N4O5S/c25-19(20(26)24-12-6-1-2-7-13-24)23-21-14-16-10-11-17(29-16)15-22-30(27,28)18-8-4-3-5-9-18/h3-5,8-11,14,22H,1-2,6-7,12-13,15H2,(H,23,25)/b21-14+. The van der Waals surface area contributed by atoms with Gasteiger partial charge < -0.3 is 9.32 Å². The largest absolute Gasteiger partial charge is 0.459 e. The van der Waals surface area contributed by atoms with E-state index < -0.39 is 21.8 Å². The van der Waals surface area contributed by atoms with E-state index in [9.17, 15) is 18.0 Å². The van der Waals surface area contributed by atoms with Crippen molar-refractivity contribution in [2.75, 3.05) is 13.1 Å². The van der Waals surface area contributed by atoms with Crippen molar-refractivity contribution in [2.45, 2.75) is 37.1 Å². The first-order chi connectivity index (χ1) is 14.5. The van der Waals surface area contributed by atoms with Crippen LogP contribution < -0.4 is 10.1 Å². The third kappa shape index (κ3) is 6.01. The summed E-state index contributed by atoms with van der Waals surface area (Å²) in [7, 11) is -3.64. The number of carbonyl (C=O) groups excluding carboxylic acids is 2. The molecule has 2 amide bonds. The molecule has 1 aromatic carbocycles. The molecule has 0 saturated carbocycles. The van der Waals surface area contributed by atoms with E-state index in [1.54, 1.807) is 35.2 Å². The lowest BCUT2D eigenvalue weighted by molar-refractivity contribution is -0.145. The molecule has 0 bridgehead atoms. The van der Waals surface area contributed by atoms with Crippen molar-refractivity contribution < 1.29 is 22.4 Å². The van der Waals surface area contributed by atoms with Gasteiger partial charge in [0, 0.05) is 13.1 Å². The molecule has 3 rings (SSSR count). The Morgan fingerprint density at radius 1 is 1.03 bits per heavy atom. The van der Waals surface area contributed by atoms with Gasteiger partial charge in [-0.3, -0.25) is 9.59 Å². The Hall–Kier alpha value is -2.98. The summed E-state index contributed by atoms with van der Waals surface area (Å²) in [5.41, 5.74) is 2.20. The van der Waals surface area contributed by atoms with Crippen LogP contribution in [0.3, 0.4) is 0 Å². The summed E-state index contributed by atoms with van der Waals surface area (Å²) in [6, 6.07) is 11.2. The zero-order chi connectivity index (χ0) is 21.4. The minimum absolute atomic E-state index is 0.0368. The predicted octanol–water partition coefficient (Wildman–Crippen LogP) is 1.61. The van der Waals surface area contributed by atoms with E-state index in [0.717, 1.165) is 25.7 Å². The minimum Gasteiger partial charge on any atom is -0.459 e. The number of furan rings is 1. The molecule has 2 aromatic rings. The van der Waals surface area contributed by atoms with E-state index in [-0.39, 0.29) is 11.4 Å². The molecule has 1 aromatic heterocycles. The lowest BCUT2D eigenvalue weighted by Crippen LogP contribution is -2.41. The lowest BCUT2D eigenvalue weighted by Gasteiger charge is -2.18. The highest BCUT2D eigenvalue weighted by Gasteiger charge is 2.22. The van der Waals surface area contributed by atoms with E-state index in [1.807, 2.05) is 0 Å². The number of amides is 2. The molecule has 2 N–H and O–H groups in total. The second-order valence-electron chi connectivity index (χ2n) is 6.85. The highest BCUT2D eigenvalue weighted by atomic mass is 32.2. The van der Waals surface area contributed by atoms with Crippen molar-refractivity contribution in [1.82, 2.24) is 15.0 Å². The fourth-order valence-corrected chi connectivity index (χ4v) is 4.04. The number of hydrazone groups is 1. The van der Waals surface area contributed by atoms with Crippen molar-refractivity contribution >= 4 is 28.1 Å². The molecule has 0 atom stereocenters. The number of hydrogen-bond acceptors (Lipinski definition) is 6. The van der Waals surface area contributed by atoms with Gasteiger partial charge in [0.15, 0.2) is 0 Å². The first-order valence-electron chi connectivity index (χ1n) is 9.71. The van der Waals surface area contributed by atoms with Gasteiger partial charge in [-0.25, -0.2) is 18.6 Å². The molecule has 0 unspecified atom stereocenters. The van der Waals surface area contributed by atoms with Gasteiger partial charge in [-0.05, 0) is 37.1 Å². The summed E-state index contributed by atoms with van der Waals surface area (Å²) >= 11 is 0. The van der Waals surface area contributed by atoms with Gasteiger partial charge in [0.2, 0.25) is 10.0 Å². The second kappa shape index (κ2) is 10.2. The summed E-state index contributed by atoms with van der Waals surface area (Å²) in [6.07, 6.45) is 5.16. The van der Waals surface area contributed by atoms with Crippen molar-refractivity contribution in [1.29, 1.82) is 0 Å². The normalized spacial score (nSPS) is 15.1. The van der Waals surface area contributed by atoms with Crippen molar-refractivity contribution in [3.8, 4) is 0 Å². The zero-order valence-corrected chi connectivity index (χ0v) is 17.2. The van der Waals surface area contributed by atoms with Crippen LogP contribution in [0.25, 0.3) is 0 Å². The van der Waals surface area contributed by atoms with Gasteiger partial charge in [0.25, 0.3) is 0 Å².